The molecule has 0 unspecified atom stereocenters. The zero-order valence-electron chi connectivity index (χ0n) is 15.6. The van der Waals surface area contributed by atoms with Crippen molar-refractivity contribution in [3.05, 3.63) is 78.2 Å². The molecule has 3 aromatic rings. The number of aromatic nitrogens is 2. The predicted octanol–water partition coefficient (Wildman–Crippen LogP) is 2.93. The lowest BCUT2D eigenvalue weighted by atomic mass is 10.0. The Morgan fingerprint density at radius 2 is 1.79 bits per heavy atom. The van der Waals surface area contributed by atoms with Crippen LogP contribution in [0.15, 0.2) is 66.9 Å². The van der Waals surface area contributed by atoms with E-state index in [1.54, 1.807) is 0 Å². The molecule has 1 aromatic heterocycles. The first kappa shape index (κ1) is 18.8. The van der Waals surface area contributed by atoms with Gasteiger partial charge < -0.3 is 15.2 Å². The number of nitrogens with zero attached hydrogens (tertiary/aromatic N) is 3. The second-order valence-corrected chi connectivity index (χ2v) is 7.44. The van der Waals surface area contributed by atoms with E-state index in [-0.39, 0.29) is 11.9 Å². The predicted molar refractivity (Wildman–Crippen MR) is 114 cm³/mol. The number of hydrogen-bond donors (Lipinski definition) is 2. The lowest BCUT2D eigenvalue weighted by molar-refractivity contribution is -0.135. The second kappa shape index (κ2) is 8.20. The topological polar surface area (TPSA) is 64.2 Å². The number of rotatable bonds is 5. The number of carbonyl (C=O) groups excluding carboxylic acids is 1. The van der Waals surface area contributed by atoms with Gasteiger partial charge in [-0.2, -0.15) is 12.6 Å². The van der Waals surface area contributed by atoms with Gasteiger partial charge >= 0.3 is 0 Å². The minimum Gasteiger partial charge on any atom is -0.331 e. The van der Waals surface area contributed by atoms with Gasteiger partial charge in [0, 0.05) is 37.0 Å². The molecule has 2 N–H and O–H groups in total. The number of carbonyl (C=O) groups is 1. The minimum atomic E-state index is -0.600. The Hall–Kier alpha value is -2.57. The van der Waals surface area contributed by atoms with Crippen molar-refractivity contribution in [2.24, 2.45) is 5.73 Å². The molecule has 0 saturated carbocycles. The van der Waals surface area contributed by atoms with E-state index in [0.717, 1.165) is 17.1 Å². The standard InChI is InChI=1S/C22H24N4OS/c23-18(15-28)22(27)26-12-11-25-14-19(17-9-5-2-6-10-17)24-21(25)20(26)13-16-7-3-1-4-8-16/h1-10,14,18,20,28H,11-13,15,23H2/t18-,20+/m0/s1. The molecule has 2 heterocycles. The Morgan fingerprint density at radius 3 is 2.46 bits per heavy atom. The van der Waals surface area contributed by atoms with Crippen molar-refractivity contribution < 1.29 is 4.79 Å². The van der Waals surface area contributed by atoms with Gasteiger partial charge in [0.2, 0.25) is 5.91 Å². The van der Waals surface area contributed by atoms with E-state index in [9.17, 15) is 4.79 Å². The number of benzene rings is 2. The van der Waals surface area contributed by atoms with Gasteiger partial charge in [-0.3, -0.25) is 4.79 Å². The first-order chi connectivity index (χ1) is 13.7. The Bertz CT molecular complexity index is 942. The zero-order chi connectivity index (χ0) is 19.5. The number of hydrogen-bond acceptors (Lipinski definition) is 4. The molecule has 28 heavy (non-hydrogen) atoms. The van der Waals surface area contributed by atoms with Crippen molar-refractivity contribution >= 4 is 18.5 Å². The molecule has 0 bridgehead atoms. The molecule has 0 radical (unpaired) electrons. The van der Waals surface area contributed by atoms with Crippen molar-refractivity contribution in [2.45, 2.75) is 25.0 Å². The molecule has 0 fully saturated rings. The maximum Gasteiger partial charge on any atom is 0.241 e. The summed E-state index contributed by atoms with van der Waals surface area (Å²) in [6, 6.07) is 19.6. The number of amides is 1. The molecule has 0 spiro atoms. The Kier molecular flexibility index (Phi) is 5.50. The van der Waals surface area contributed by atoms with Crippen LogP contribution in [0.3, 0.4) is 0 Å². The van der Waals surface area contributed by atoms with E-state index in [2.05, 4.69) is 47.7 Å². The Morgan fingerprint density at radius 1 is 1.11 bits per heavy atom. The number of fused-ring (bicyclic) bond motifs is 1. The van der Waals surface area contributed by atoms with Crippen LogP contribution >= 0.6 is 12.6 Å². The molecule has 0 saturated heterocycles. The fraction of sp³-hybridized carbons (Fsp3) is 0.273. The van der Waals surface area contributed by atoms with Gasteiger partial charge in [0.1, 0.15) is 5.82 Å². The Balaban J connectivity index is 1.72. The van der Waals surface area contributed by atoms with Crippen LogP contribution in [0.25, 0.3) is 11.3 Å². The monoisotopic (exact) mass is 392 g/mol. The molecule has 5 nitrogen and oxygen atoms in total. The summed E-state index contributed by atoms with van der Waals surface area (Å²) < 4.78 is 2.17. The van der Waals surface area contributed by atoms with E-state index < -0.39 is 6.04 Å². The van der Waals surface area contributed by atoms with Gasteiger partial charge in [0.25, 0.3) is 0 Å². The van der Waals surface area contributed by atoms with Crippen LogP contribution in [-0.4, -0.2) is 38.7 Å². The average molecular weight is 393 g/mol. The lowest BCUT2D eigenvalue weighted by Crippen LogP contribution is -2.50. The van der Waals surface area contributed by atoms with Crippen molar-refractivity contribution in [2.75, 3.05) is 12.3 Å². The highest BCUT2D eigenvalue weighted by atomic mass is 32.1. The highest BCUT2D eigenvalue weighted by Crippen LogP contribution is 2.31. The Labute approximate surface area is 170 Å². The molecule has 1 aliphatic rings. The van der Waals surface area contributed by atoms with E-state index in [0.29, 0.717) is 25.3 Å². The second-order valence-electron chi connectivity index (χ2n) is 7.07. The summed E-state index contributed by atoms with van der Waals surface area (Å²) in [5.41, 5.74) is 9.20. The van der Waals surface area contributed by atoms with Gasteiger partial charge in [-0.25, -0.2) is 4.98 Å². The molecule has 1 aliphatic heterocycles. The summed E-state index contributed by atoms with van der Waals surface area (Å²) in [4.78, 5) is 19.7. The fourth-order valence-corrected chi connectivity index (χ4v) is 3.88. The third-order valence-corrected chi connectivity index (χ3v) is 5.60. The number of imidazole rings is 1. The van der Waals surface area contributed by atoms with Gasteiger partial charge in [-0.1, -0.05) is 60.7 Å². The highest BCUT2D eigenvalue weighted by molar-refractivity contribution is 7.80. The fourth-order valence-electron chi connectivity index (χ4n) is 3.73. The smallest absolute Gasteiger partial charge is 0.241 e. The van der Waals surface area contributed by atoms with E-state index in [1.165, 1.54) is 5.56 Å². The van der Waals surface area contributed by atoms with E-state index in [4.69, 9.17) is 10.7 Å². The molecular formula is C22H24N4OS. The van der Waals surface area contributed by atoms with Crippen LogP contribution in [-0.2, 0) is 17.8 Å². The van der Waals surface area contributed by atoms with Crippen LogP contribution in [0.1, 0.15) is 17.4 Å². The summed E-state index contributed by atoms with van der Waals surface area (Å²) in [6.07, 6.45) is 2.79. The van der Waals surface area contributed by atoms with Crippen LogP contribution < -0.4 is 5.73 Å². The van der Waals surface area contributed by atoms with Gasteiger partial charge in [-0.15, -0.1) is 0 Å². The van der Waals surface area contributed by atoms with Crippen molar-refractivity contribution in [3.8, 4) is 11.3 Å². The van der Waals surface area contributed by atoms with Gasteiger partial charge in [0.05, 0.1) is 17.8 Å². The number of nitrogens with two attached hydrogens (primary N) is 1. The molecular weight excluding hydrogens is 368 g/mol. The summed E-state index contributed by atoms with van der Waals surface area (Å²) in [7, 11) is 0. The number of thiol groups is 1. The molecule has 0 aliphatic carbocycles. The van der Waals surface area contributed by atoms with Gasteiger partial charge in [-0.05, 0) is 5.56 Å². The quantitative estimate of drug-likeness (QED) is 0.656. The largest absolute Gasteiger partial charge is 0.331 e. The first-order valence-corrected chi connectivity index (χ1v) is 10.1. The lowest BCUT2D eigenvalue weighted by Gasteiger charge is -2.37. The SMILES string of the molecule is N[C@@H](CS)C(=O)N1CCn2cc(-c3ccccc3)nc2[C@H]1Cc1ccccc1. The summed E-state index contributed by atoms with van der Waals surface area (Å²) in [5, 5.41) is 0. The zero-order valence-corrected chi connectivity index (χ0v) is 16.5. The summed E-state index contributed by atoms with van der Waals surface area (Å²) in [6.45, 7) is 1.33. The summed E-state index contributed by atoms with van der Waals surface area (Å²) >= 11 is 4.22. The molecule has 4 rings (SSSR count). The van der Waals surface area contributed by atoms with Crippen LogP contribution in [0, 0.1) is 0 Å². The average Bonchev–Trinajstić information content (AvgIpc) is 3.19. The molecule has 2 atom stereocenters. The van der Waals surface area contributed by atoms with Crippen molar-refractivity contribution in [1.82, 2.24) is 14.5 Å². The molecule has 6 heteroatoms. The molecule has 2 aromatic carbocycles. The first-order valence-electron chi connectivity index (χ1n) is 9.50. The van der Waals surface area contributed by atoms with E-state index in [1.807, 2.05) is 41.3 Å². The van der Waals surface area contributed by atoms with Crippen molar-refractivity contribution in [3.63, 3.8) is 0 Å². The van der Waals surface area contributed by atoms with E-state index >= 15 is 0 Å². The summed E-state index contributed by atoms with van der Waals surface area (Å²) in [5.74, 6) is 1.18. The van der Waals surface area contributed by atoms with Crippen LogP contribution in [0.4, 0.5) is 0 Å². The maximum absolute atomic E-state index is 12.9. The third-order valence-electron chi connectivity index (χ3n) is 5.20. The van der Waals surface area contributed by atoms with Crippen LogP contribution in [0.2, 0.25) is 0 Å². The van der Waals surface area contributed by atoms with Crippen LogP contribution in [0.5, 0.6) is 0 Å². The molecule has 144 valence electrons. The third kappa shape index (κ3) is 3.70. The van der Waals surface area contributed by atoms with Gasteiger partial charge in [0.15, 0.2) is 0 Å². The minimum absolute atomic E-state index is 0.0635. The molecule has 1 amide bonds. The van der Waals surface area contributed by atoms with Crippen molar-refractivity contribution in [1.29, 1.82) is 0 Å². The normalized spacial score (nSPS) is 17.2. The maximum atomic E-state index is 12.9. The highest BCUT2D eigenvalue weighted by Gasteiger charge is 2.34.